The summed E-state index contributed by atoms with van der Waals surface area (Å²) in [5, 5.41) is 15.0. The van der Waals surface area contributed by atoms with Gasteiger partial charge in [-0.05, 0) is 42.0 Å². The Morgan fingerprint density at radius 1 is 1.03 bits per heavy atom. The van der Waals surface area contributed by atoms with Gasteiger partial charge in [0.25, 0.3) is 5.91 Å². The molecule has 0 spiro atoms. The molecule has 0 saturated carbocycles. The highest BCUT2D eigenvalue weighted by molar-refractivity contribution is 5.96. The zero-order valence-corrected chi connectivity index (χ0v) is 18.0. The monoisotopic (exact) mass is 467 g/mol. The number of tetrazole rings is 1. The summed E-state index contributed by atoms with van der Waals surface area (Å²) in [6, 6.07) is 19.3. The van der Waals surface area contributed by atoms with Gasteiger partial charge in [0, 0.05) is 5.56 Å². The molecule has 0 bridgehead atoms. The summed E-state index contributed by atoms with van der Waals surface area (Å²) in [6.07, 6.45) is -4.51. The van der Waals surface area contributed by atoms with Crippen molar-refractivity contribution in [3.8, 4) is 17.1 Å². The molecule has 0 aliphatic carbocycles. The van der Waals surface area contributed by atoms with Crippen molar-refractivity contribution in [3.63, 3.8) is 0 Å². The lowest BCUT2D eigenvalue weighted by Gasteiger charge is -2.17. The van der Waals surface area contributed by atoms with Crippen LogP contribution in [0.4, 0.5) is 18.9 Å². The quantitative estimate of drug-likeness (QED) is 0.414. The van der Waals surface area contributed by atoms with E-state index in [0.717, 1.165) is 16.9 Å². The van der Waals surface area contributed by atoms with Crippen LogP contribution in [0.15, 0.2) is 78.9 Å². The lowest BCUT2D eigenvalue weighted by molar-refractivity contribution is -0.137. The van der Waals surface area contributed by atoms with Gasteiger partial charge in [0.05, 0.1) is 17.9 Å². The van der Waals surface area contributed by atoms with E-state index >= 15 is 0 Å². The molecule has 1 heterocycles. The van der Waals surface area contributed by atoms with E-state index in [2.05, 4.69) is 20.7 Å². The molecule has 0 aliphatic heterocycles. The summed E-state index contributed by atoms with van der Waals surface area (Å²) in [7, 11) is 0. The normalized spacial score (nSPS) is 12.2. The minimum Gasteiger partial charge on any atom is -0.492 e. The molecule has 1 N–H and O–H groups in total. The molecule has 0 saturated heterocycles. The topological polar surface area (TPSA) is 81.9 Å². The third-order valence-corrected chi connectivity index (χ3v) is 4.92. The number of carbonyl (C=O) groups is 1. The highest BCUT2D eigenvalue weighted by atomic mass is 19.4. The molecule has 10 heteroatoms. The average molecular weight is 467 g/mol. The van der Waals surface area contributed by atoms with Crippen molar-refractivity contribution in [3.05, 3.63) is 90.0 Å². The maximum atomic E-state index is 13.4. The van der Waals surface area contributed by atoms with E-state index in [0.29, 0.717) is 23.6 Å². The first-order valence-corrected chi connectivity index (χ1v) is 10.4. The van der Waals surface area contributed by atoms with Crippen molar-refractivity contribution in [2.24, 2.45) is 0 Å². The zero-order valence-electron chi connectivity index (χ0n) is 18.0. The van der Waals surface area contributed by atoms with Gasteiger partial charge in [0.15, 0.2) is 6.04 Å². The number of amides is 1. The van der Waals surface area contributed by atoms with Gasteiger partial charge < -0.3 is 10.1 Å². The first-order chi connectivity index (χ1) is 16.4. The van der Waals surface area contributed by atoms with E-state index in [-0.39, 0.29) is 11.4 Å². The van der Waals surface area contributed by atoms with Crippen LogP contribution in [0.25, 0.3) is 11.4 Å². The number of ether oxygens (including phenoxy) is 1. The minimum absolute atomic E-state index is 0.0328. The predicted molar refractivity (Wildman–Crippen MR) is 119 cm³/mol. The molecular formula is C24H20F3N5O2. The van der Waals surface area contributed by atoms with Gasteiger partial charge in [-0.3, -0.25) is 4.79 Å². The first-order valence-electron chi connectivity index (χ1n) is 10.4. The van der Waals surface area contributed by atoms with E-state index in [9.17, 15) is 18.0 Å². The van der Waals surface area contributed by atoms with E-state index in [1.54, 1.807) is 54.6 Å². The molecule has 1 atom stereocenters. The fourth-order valence-electron chi connectivity index (χ4n) is 3.36. The van der Waals surface area contributed by atoms with Crippen LogP contribution in [0.1, 0.15) is 24.1 Å². The molecule has 4 aromatic rings. The van der Waals surface area contributed by atoms with Crippen LogP contribution in [0.5, 0.6) is 5.75 Å². The van der Waals surface area contributed by atoms with Crippen LogP contribution in [-0.4, -0.2) is 32.7 Å². The molecule has 1 unspecified atom stereocenters. The highest BCUT2D eigenvalue weighted by Gasteiger charge is 2.31. The summed E-state index contributed by atoms with van der Waals surface area (Å²) in [5.41, 5.74) is 0.344. The Balaban J connectivity index is 1.69. The van der Waals surface area contributed by atoms with Gasteiger partial charge in [-0.2, -0.15) is 13.2 Å². The summed E-state index contributed by atoms with van der Waals surface area (Å²) >= 11 is 0. The maximum absolute atomic E-state index is 13.4. The number of halogens is 3. The van der Waals surface area contributed by atoms with Crippen LogP contribution in [0.3, 0.4) is 0 Å². The van der Waals surface area contributed by atoms with Crippen LogP contribution in [0.2, 0.25) is 0 Å². The Bertz CT molecular complexity index is 1270. The molecule has 3 aromatic carbocycles. The van der Waals surface area contributed by atoms with Crippen molar-refractivity contribution >= 4 is 11.6 Å². The Labute approximate surface area is 193 Å². The lowest BCUT2D eigenvalue weighted by Crippen LogP contribution is -2.29. The Hall–Kier alpha value is -4.21. The number of hydrogen-bond acceptors (Lipinski definition) is 5. The SMILES string of the molecule is CCOc1ccccc1NC(=O)C(c1ccccc1)n1nnc(-c2cccc(C(F)(F)F)c2)n1. The molecule has 34 heavy (non-hydrogen) atoms. The van der Waals surface area contributed by atoms with Gasteiger partial charge in [-0.25, -0.2) is 0 Å². The second kappa shape index (κ2) is 9.74. The third kappa shape index (κ3) is 5.06. The van der Waals surface area contributed by atoms with E-state index in [4.69, 9.17) is 4.74 Å². The van der Waals surface area contributed by atoms with Gasteiger partial charge in [0.2, 0.25) is 5.82 Å². The number of nitrogens with one attached hydrogen (secondary N) is 1. The molecule has 1 amide bonds. The molecule has 0 radical (unpaired) electrons. The van der Waals surface area contributed by atoms with Gasteiger partial charge >= 0.3 is 6.18 Å². The van der Waals surface area contributed by atoms with E-state index in [1.165, 1.54) is 12.1 Å². The van der Waals surface area contributed by atoms with Gasteiger partial charge in [-0.1, -0.05) is 54.6 Å². The fourth-order valence-corrected chi connectivity index (χ4v) is 3.36. The molecule has 174 valence electrons. The van der Waals surface area contributed by atoms with Crippen LogP contribution in [-0.2, 0) is 11.0 Å². The molecular weight excluding hydrogens is 447 g/mol. The molecule has 0 fully saturated rings. The number of anilines is 1. The molecule has 1 aromatic heterocycles. The summed E-state index contributed by atoms with van der Waals surface area (Å²) < 4.78 is 44.9. The second-order valence-electron chi connectivity index (χ2n) is 7.24. The maximum Gasteiger partial charge on any atom is 0.416 e. The number of alkyl halides is 3. The van der Waals surface area contributed by atoms with Gasteiger partial charge in [0.1, 0.15) is 5.75 Å². The number of nitrogens with zero attached hydrogens (tertiary/aromatic N) is 4. The number of hydrogen-bond donors (Lipinski definition) is 1. The van der Waals surface area contributed by atoms with Gasteiger partial charge in [-0.15, -0.1) is 15.0 Å². The van der Waals surface area contributed by atoms with Crippen molar-refractivity contribution in [1.29, 1.82) is 0 Å². The smallest absolute Gasteiger partial charge is 0.416 e. The van der Waals surface area contributed by atoms with Crippen molar-refractivity contribution in [1.82, 2.24) is 20.2 Å². The predicted octanol–water partition coefficient (Wildman–Crippen LogP) is 4.99. The lowest BCUT2D eigenvalue weighted by atomic mass is 10.1. The Morgan fingerprint density at radius 2 is 1.76 bits per heavy atom. The minimum atomic E-state index is -4.51. The number of aromatic nitrogens is 4. The van der Waals surface area contributed by atoms with Crippen LogP contribution < -0.4 is 10.1 Å². The number of para-hydroxylation sites is 2. The Kier molecular flexibility index (Phi) is 6.58. The molecule has 4 rings (SSSR count). The highest BCUT2D eigenvalue weighted by Crippen LogP contribution is 2.31. The van der Waals surface area contributed by atoms with E-state index < -0.39 is 23.7 Å². The van der Waals surface area contributed by atoms with Crippen molar-refractivity contribution < 1.29 is 22.7 Å². The second-order valence-corrected chi connectivity index (χ2v) is 7.24. The average Bonchev–Trinajstić information content (AvgIpc) is 3.31. The fraction of sp³-hybridized carbons (Fsp3) is 0.167. The van der Waals surface area contributed by atoms with Crippen molar-refractivity contribution in [2.75, 3.05) is 11.9 Å². The van der Waals surface area contributed by atoms with Crippen LogP contribution >= 0.6 is 0 Å². The Morgan fingerprint density at radius 3 is 2.50 bits per heavy atom. The third-order valence-electron chi connectivity index (χ3n) is 4.92. The zero-order chi connectivity index (χ0) is 24.1. The summed E-state index contributed by atoms with van der Waals surface area (Å²) in [5.74, 6) is 0.00209. The van der Waals surface area contributed by atoms with E-state index in [1.807, 2.05) is 6.92 Å². The standard InChI is InChI=1S/C24H20F3N5O2/c1-2-34-20-14-7-6-13-19(20)28-23(33)21(16-9-4-3-5-10-16)32-30-22(29-31-32)17-11-8-12-18(15-17)24(25,26)27/h3-15,21H,2H2,1H3,(H,28,33). The first kappa shape index (κ1) is 23.0. The van der Waals surface area contributed by atoms with Crippen LogP contribution in [0, 0.1) is 0 Å². The molecule has 7 nitrogen and oxygen atoms in total. The summed E-state index contributed by atoms with van der Waals surface area (Å²) in [4.78, 5) is 14.4. The summed E-state index contributed by atoms with van der Waals surface area (Å²) in [6.45, 7) is 2.25. The number of rotatable bonds is 7. The number of benzene rings is 3. The van der Waals surface area contributed by atoms with Crippen molar-refractivity contribution in [2.45, 2.75) is 19.1 Å². The molecule has 0 aliphatic rings. The number of carbonyl (C=O) groups excluding carboxylic acids is 1. The largest absolute Gasteiger partial charge is 0.492 e.